The highest BCUT2D eigenvalue weighted by molar-refractivity contribution is 5.34. The van der Waals surface area contributed by atoms with E-state index in [0.29, 0.717) is 11.8 Å². The van der Waals surface area contributed by atoms with Crippen LogP contribution in [0, 0.1) is 50.2 Å². The Morgan fingerprint density at radius 1 is 0.805 bits per heavy atom. The van der Waals surface area contributed by atoms with Crippen molar-refractivity contribution in [3.8, 4) is 0 Å². The summed E-state index contributed by atoms with van der Waals surface area (Å²) in [5.74, 6) is 1.26. The fourth-order valence-corrected chi connectivity index (χ4v) is 12.2. The predicted molar refractivity (Wildman–Crippen MR) is 159 cm³/mol. The third-order valence-electron chi connectivity index (χ3n) is 15.1. The van der Waals surface area contributed by atoms with Crippen molar-refractivity contribution in [2.75, 3.05) is 6.61 Å². The van der Waals surface area contributed by atoms with Crippen LogP contribution in [0.4, 0.5) is 0 Å². The number of hydrogen-bond acceptors (Lipinski definition) is 6. The molecule has 5 fully saturated rings. The average Bonchev–Trinajstić information content (AvgIpc) is 2.89. The second kappa shape index (κ2) is 9.50. The number of ether oxygens (including phenoxy) is 1. The normalized spacial score (nSPS) is 55.0. The van der Waals surface area contributed by atoms with Gasteiger partial charge < -0.3 is 30.3 Å². The molecular weight excluding hydrogens is 516 g/mol. The zero-order valence-corrected chi connectivity index (χ0v) is 26.7. The second-order valence-electron chi connectivity index (χ2n) is 17.6. The van der Waals surface area contributed by atoms with Crippen molar-refractivity contribution in [1.29, 1.82) is 0 Å². The molecule has 0 aromatic carbocycles. The van der Waals surface area contributed by atoms with Gasteiger partial charge >= 0.3 is 0 Å². The van der Waals surface area contributed by atoms with Gasteiger partial charge in [0.25, 0.3) is 0 Å². The average molecular weight is 575 g/mol. The summed E-state index contributed by atoms with van der Waals surface area (Å²) >= 11 is 0. The van der Waals surface area contributed by atoms with Crippen LogP contribution in [0.2, 0.25) is 0 Å². The van der Waals surface area contributed by atoms with Crippen LogP contribution >= 0.6 is 0 Å². The Hall–Kier alpha value is -0.500. The quantitative estimate of drug-likeness (QED) is 0.297. The van der Waals surface area contributed by atoms with E-state index in [1.807, 2.05) is 0 Å². The Morgan fingerprint density at radius 3 is 2.20 bits per heavy atom. The van der Waals surface area contributed by atoms with Gasteiger partial charge in [-0.2, -0.15) is 0 Å². The smallest absolute Gasteiger partial charge is 0.113 e. The first-order valence-corrected chi connectivity index (χ1v) is 16.7. The molecule has 6 heteroatoms. The Kier molecular flexibility index (Phi) is 7.07. The minimum absolute atomic E-state index is 0.0210. The molecule has 1 saturated heterocycles. The van der Waals surface area contributed by atoms with E-state index in [2.05, 4.69) is 54.5 Å². The van der Waals surface area contributed by atoms with Crippen molar-refractivity contribution in [3.63, 3.8) is 0 Å². The second-order valence-corrected chi connectivity index (χ2v) is 17.6. The molecule has 5 unspecified atom stereocenters. The molecular formula is C35H58O6. The summed E-state index contributed by atoms with van der Waals surface area (Å²) in [4.78, 5) is 0. The van der Waals surface area contributed by atoms with E-state index in [4.69, 9.17) is 4.74 Å². The lowest BCUT2D eigenvalue weighted by Gasteiger charge is -2.72. The molecule has 6 aliphatic rings. The Morgan fingerprint density at radius 2 is 1.49 bits per heavy atom. The summed E-state index contributed by atoms with van der Waals surface area (Å²) in [7, 11) is 0. The number of hydrogen-bond donors (Lipinski definition) is 5. The number of fused-ring (bicyclic) bond motifs is 7. The van der Waals surface area contributed by atoms with Crippen molar-refractivity contribution >= 4 is 0 Å². The maximum atomic E-state index is 12.1. The van der Waals surface area contributed by atoms with Gasteiger partial charge in [0, 0.05) is 5.41 Å². The lowest BCUT2D eigenvalue weighted by molar-refractivity contribution is -0.246. The van der Waals surface area contributed by atoms with Crippen molar-refractivity contribution < 1.29 is 30.3 Å². The summed E-state index contributed by atoms with van der Waals surface area (Å²) in [6.45, 7) is 16.9. The fourth-order valence-electron chi connectivity index (χ4n) is 12.2. The zero-order chi connectivity index (χ0) is 30.0. The fraction of sp³-hybridized carbons (Fsp3) is 0.943. The molecule has 5 aliphatic carbocycles. The van der Waals surface area contributed by atoms with Gasteiger partial charge in [-0.1, -0.05) is 60.1 Å². The van der Waals surface area contributed by atoms with Crippen LogP contribution in [0.25, 0.3) is 0 Å². The largest absolute Gasteiger partial charge is 0.393 e. The summed E-state index contributed by atoms with van der Waals surface area (Å²) in [5.41, 5.74) is 1.54. The van der Waals surface area contributed by atoms with Crippen LogP contribution in [-0.4, -0.2) is 68.8 Å². The van der Waals surface area contributed by atoms with Crippen molar-refractivity contribution in [2.45, 2.75) is 149 Å². The Balaban J connectivity index is 1.40. The van der Waals surface area contributed by atoms with Crippen LogP contribution in [0.5, 0.6) is 0 Å². The molecule has 6 nitrogen and oxygen atoms in total. The number of rotatable bonds is 2. The SMILES string of the molecule is CC1(C)CC[C@]2(C(O)[C@@H]3OC[C@@H](O)[C@H](O)C3O)CC[C@]3(C)C(=CCC4[C@@]5(C)CC[C@H](O)C(C)(C)C5CC[C@]43C)C2C1. The van der Waals surface area contributed by atoms with Crippen molar-refractivity contribution in [1.82, 2.24) is 0 Å². The van der Waals surface area contributed by atoms with E-state index < -0.39 is 35.9 Å². The van der Waals surface area contributed by atoms with Gasteiger partial charge in [0.2, 0.25) is 0 Å². The van der Waals surface area contributed by atoms with Crippen LogP contribution in [0.1, 0.15) is 113 Å². The lowest BCUT2D eigenvalue weighted by Crippen LogP contribution is -2.67. The number of aliphatic hydroxyl groups is 5. The molecule has 13 atom stereocenters. The molecule has 0 aromatic heterocycles. The minimum Gasteiger partial charge on any atom is -0.393 e. The zero-order valence-electron chi connectivity index (χ0n) is 26.7. The first kappa shape index (κ1) is 30.5. The molecule has 0 radical (unpaired) electrons. The van der Waals surface area contributed by atoms with Gasteiger partial charge in [-0.25, -0.2) is 0 Å². The highest BCUT2D eigenvalue weighted by Gasteiger charge is 2.69. The van der Waals surface area contributed by atoms with Crippen molar-refractivity contribution in [2.24, 2.45) is 50.2 Å². The standard InChI is InChI=1S/C35H58O6/c1-30(2)14-16-35(29(40)28-27(39)26(38)22(36)19-41-28)17-15-33(6)20(21(35)18-30)8-9-24-32(5)12-11-25(37)31(3,4)23(32)10-13-34(24,33)7/h8,21-29,36-40H,9-19H2,1-7H3/t21?,22-,23?,24?,25+,26+,27?,28-,29?,32+,33-,34-,35+/m1/s1. The summed E-state index contributed by atoms with van der Waals surface area (Å²) in [6, 6.07) is 0. The van der Waals surface area contributed by atoms with E-state index in [0.717, 1.165) is 57.8 Å². The first-order chi connectivity index (χ1) is 18.9. The number of aliphatic hydroxyl groups excluding tert-OH is 5. The number of allylic oxidation sites excluding steroid dienone is 2. The molecule has 5 N–H and O–H groups in total. The van der Waals surface area contributed by atoms with Crippen LogP contribution in [0.15, 0.2) is 11.6 Å². The van der Waals surface area contributed by atoms with Crippen molar-refractivity contribution in [3.05, 3.63) is 11.6 Å². The molecule has 0 aromatic rings. The van der Waals surface area contributed by atoms with E-state index in [1.165, 1.54) is 12.0 Å². The third kappa shape index (κ3) is 4.02. The highest BCUT2D eigenvalue weighted by atomic mass is 16.5. The van der Waals surface area contributed by atoms with E-state index in [9.17, 15) is 25.5 Å². The molecule has 1 heterocycles. The molecule has 41 heavy (non-hydrogen) atoms. The van der Waals surface area contributed by atoms with E-state index in [-0.39, 0.29) is 45.7 Å². The van der Waals surface area contributed by atoms with E-state index in [1.54, 1.807) is 0 Å². The molecule has 234 valence electrons. The Labute approximate surface area is 248 Å². The van der Waals surface area contributed by atoms with Crippen LogP contribution in [-0.2, 0) is 4.74 Å². The first-order valence-electron chi connectivity index (χ1n) is 16.7. The summed E-state index contributed by atoms with van der Waals surface area (Å²) in [6.07, 6.45) is 6.89. The predicted octanol–water partition coefficient (Wildman–Crippen LogP) is 4.99. The third-order valence-corrected chi connectivity index (χ3v) is 15.1. The molecule has 6 rings (SSSR count). The molecule has 0 bridgehead atoms. The molecule has 4 saturated carbocycles. The maximum absolute atomic E-state index is 12.1. The van der Waals surface area contributed by atoms with Gasteiger partial charge in [0.1, 0.15) is 24.4 Å². The van der Waals surface area contributed by atoms with Gasteiger partial charge in [0.15, 0.2) is 0 Å². The highest BCUT2D eigenvalue weighted by Crippen LogP contribution is 2.76. The van der Waals surface area contributed by atoms with Crippen LogP contribution < -0.4 is 0 Å². The van der Waals surface area contributed by atoms with Gasteiger partial charge in [0.05, 0.1) is 18.8 Å². The monoisotopic (exact) mass is 574 g/mol. The van der Waals surface area contributed by atoms with E-state index >= 15 is 0 Å². The minimum atomic E-state index is -1.31. The molecule has 0 amide bonds. The maximum Gasteiger partial charge on any atom is 0.113 e. The molecule has 1 aliphatic heterocycles. The topological polar surface area (TPSA) is 110 Å². The molecule has 0 spiro atoms. The van der Waals surface area contributed by atoms with Gasteiger partial charge in [-0.05, 0) is 109 Å². The lowest BCUT2D eigenvalue weighted by atomic mass is 9.33. The Bertz CT molecular complexity index is 1070. The van der Waals surface area contributed by atoms with Gasteiger partial charge in [-0.15, -0.1) is 0 Å². The summed E-state index contributed by atoms with van der Waals surface area (Å²) < 4.78 is 5.90. The summed E-state index contributed by atoms with van der Waals surface area (Å²) in [5, 5.41) is 54.7. The van der Waals surface area contributed by atoms with Gasteiger partial charge in [-0.3, -0.25) is 0 Å². The van der Waals surface area contributed by atoms with Crippen LogP contribution in [0.3, 0.4) is 0 Å².